The first kappa shape index (κ1) is 20.7. The van der Waals surface area contributed by atoms with Gasteiger partial charge >= 0.3 is 6.18 Å². The number of halogens is 3. The molecular weight excluding hydrogens is 379 g/mol. The maximum Gasteiger partial charge on any atom is 0.418 e. The molecule has 1 N–H and O–H groups in total. The van der Waals surface area contributed by atoms with E-state index in [1.807, 2.05) is 31.2 Å². The van der Waals surface area contributed by atoms with Gasteiger partial charge in [0.05, 0.1) is 17.2 Å². The summed E-state index contributed by atoms with van der Waals surface area (Å²) in [4.78, 5) is 14.1. The molecule has 1 fully saturated rings. The normalized spacial score (nSPS) is 15.1. The van der Waals surface area contributed by atoms with Crippen LogP contribution in [0.15, 0.2) is 42.5 Å². The van der Waals surface area contributed by atoms with Gasteiger partial charge in [-0.3, -0.25) is 4.79 Å². The second-order valence-electron chi connectivity index (χ2n) is 7.31. The minimum Gasteiger partial charge on any atom is -0.371 e. The smallest absolute Gasteiger partial charge is 0.371 e. The molecule has 0 spiro atoms. The molecular formula is C22H22F3N3O. The van der Waals surface area contributed by atoms with E-state index in [-0.39, 0.29) is 23.1 Å². The van der Waals surface area contributed by atoms with Gasteiger partial charge in [0.15, 0.2) is 0 Å². The molecule has 29 heavy (non-hydrogen) atoms. The minimum atomic E-state index is -4.54. The number of rotatable bonds is 4. The average Bonchev–Trinajstić information content (AvgIpc) is 2.72. The number of amides is 1. The zero-order chi connectivity index (χ0) is 21.0. The van der Waals surface area contributed by atoms with Crippen molar-refractivity contribution in [3.63, 3.8) is 0 Å². The maximum atomic E-state index is 13.4. The van der Waals surface area contributed by atoms with Crippen LogP contribution in [-0.2, 0) is 17.5 Å². The molecule has 3 rings (SSSR count). The largest absolute Gasteiger partial charge is 0.418 e. The second kappa shape index (κ2) is 8.56. The van der Waals surface area contributed by atoms with Gasteiger partial charge in [-0.1, -0.05) is 29.8 Å². The Labute approximate surface area is 167 Å². The summed E-state index contributed by atoms with van der Waals surface area (Å²) in [7, 11) is 0. The highest BCUT2D eigenvalue weighted by molar-refractivity contribution is 5.79. The SMILES string of the molecule is Cc1ccc(CNC(=O)C2CCN(c3ccc(C#N)cc3C(F)(F)F)CC2)cc1. The third-order valence-electron chi connectivity index (χ3n) is 5.22. The van der Waals surface area contributed by atoms with Crippen molar-refractivity contribution in [2.45, 2.75) is 32.5 Å². The number of carbonyl (C=O) groups excluding carboxylic acids is 1. The molecule has 0 saturated carbocycles. The van der Waals surface area contributed by atoms with Crippen LogP contribution in [0.25, 0.3) is 0 Å². The number of benzene rings is 2. The summed E-state index contributed by atoms with van der Waals surface area (Å²) in [5.41, 5.74) is 1.39. The van der Waals surface area contributed by atoms with Gasteiger partial charge in [-0.05, 0) is 43.5 Å². The van der Waals surface area contributed by atoms with E-state index in [2.05, 4.69) is 5.32 Å². The first-order chi connectivity index (χ1) is 13.8. The lowest BCUT2D eigenvalue weighted by molar-refractivity contribution is -0.137. The van der Waals surface area contributed by atoms with Crippen molar-refractivity contribution in [1.29, 1.82) is 5.26 Å². The molecule has 1 heterocycles. The first-order valence-electron chi connectivity index (χ1n) is 9.47. The third kappa shape index (κ3) is 5.08. The molecule has 0 unspecified atom stereocenters. The van der Waals surface area contributed by atoms with Crippen LogP contribution < -0.4 is 10.2 Å². The Morgan fingerprint density at radius 1 is 1.17 bits per heavy atom. The van der Waals surface area contributed by atoms with Crippen molar-refractivity contribution < 1.29 is 18.0 Å². The van der Waals surface area contributed by atoms with Gasteiger partial charge < -0.3 is 10.2 Å². The summed E-state index contributed by atoms with van der Waals surface area (Å²) in [6.07, 6.45) is -3.57. The molecule has 0 radical (unpaired) electrons. The molecule has 1 saturated heterocycles. The van der Waals surface area contributed by atoms with Gasteiger partial charge in [0, 0.05) is 31.2 Å². The molecule has 1 aliphatic rings. The van der Waals surface area contributed by atoms with Gasteiger partial charge in [-0.2, -0.15) is 18.4 Å². The van der Waals surface area contributed by atoms with Crippen molar-refractivity contribution in [2.75, 3.05) is 18.0 Å². The van der Waals surface area contributed by atoms with Gasteiger partial charge in [-0.15, -0.1) is 0 Å². The Morgan fingerprint density at radius 2 is 1.83 bits per heavy atom. The topological polar surface area (TPSA) is 56.1 Å². The Balaban J connectivity index is 1.61. The number of alkyl halides is 3. The monoisotopic (exact) mass is 401 g/mol. The van der Waals surface area contributed by atoms with E-state index >= 15 is 0 Å². The van der Waals surface area contributed by atoms with Crippen LogP contribution >= 0.6 is 0 Å². The van der Waals surface area contributed by atoms with Crippen molar-refractivity contribution in [1.82, 2.24) is 5.32 Å². The van der Waals surface area contributed by atoms with E-state index in [1.165, 1.54) is 12.1 Å². The van der Waals surface area contributed by atoms with Crippen molar-refractivity contribution >= 4 is 11.6 Å². The molecule has 4 nitrogen and oxygen atoms in total. The Morgan fingerprint density at radius 3 is 2.41 bits per heavy atom. The number of nitrogens with zero attached hydrogens (tertiary/aromatic N) is 2. The van der Waals surface area contributed by atoms with E-state index in [4.69, 9.17) is 5.26 Å². The van der Waals surface area contributed by atoms with E-state index in [0.29, 0.717) is 32.5 Å². The summed E-state index contributed by atoms with van der Waals surface area (Å²) >= 11 is 0. The third-order valence-corrected chi connectivity index (χ3v) is 5.22. The molecule has 1 amide bonds. The van der Waals surface area contributed by atoms with Crippen LogP contribution in [0.3, 0.4) is 0 Å². The predicted molar refractivity (Wildman–Crippen MR) is 104 cm³/mol. The summed E-state index contributed by atoms with van der Waals surface area (Å²) in [6.45, 7) is 3.15. The zero-order valence-electron chi connectivity index (χ0n) is 16.1. The van der Waals surface area contributed by atoms with Crippen LogP contribution in [0.1, 0.15) is 35.1 Å². The molecule has 7 heteroatoms. The van der Waals surface area contributed by atoms with Crippen molar-refractivity contribution in [2.24, 2.45) is 5.92 Å². The fourth-order valence-corrected chi connectivity index (χ4v) is 3.53. The fourth-order valence-electron chi connectivity index (χ4n) is 3.53. The number of nitrogens with one attached hydrogen (secondary N) is 1. The average molecular weight is 401 g/mol. The number of piperidine rings is 1. The highest BCUT2D eigenvalue weighted by Crippen LogP contribution is 2.38. The number of anilines is 1. The van der Waals surface area contributed by atoms with Crippen LogP contribution in [0.5, 0.6) is 0 Å². The number of nitriles is 1. The van der Waals surface area contributed by atoms with Gasteiger partial charge in [-0.25, -0.2) is 0 Å². The second-order valence-corrected chi connectivity index (χ2v) is 7.31. The maximum absolute atomic E-state index is 13.4. The lowest BCUT2D eigenvalue weighted by Gasteiger charge is -2.34. The predicted octanol–water partition coefficient (Wildman–Crippen LogP) is 4.42. The quantitative estimate of drug-likeness (QED) is 0.825. The number of aryl methyl sites for hydroxylation is 1. The Bertz CT molecular complexity index is 908. The fraction of sp³-hybridized carbons (Fsp3) is 0.364. The molecule has 152 valence electrons. The van der Waals surface area contributed by atoms with Crippen molar-refractivity contribution in [3.05, 3.63) is 64.7 Å². The standard InChI is InChI=1S/C22H22F3N3O/c1-15-2-4-16(5-3-15)14-27-21(29)18-8-10-28(11-9-18)20-7-6-17(13-26)12-19(20)22(23,24)25/h2-7,12,18H,8-11,14H2,1H3,(H,27,29). The zero-order valence-corrected chi connectivity index (χ0v) is 16.1. The molecule has 0 aliphatic carbocycles. The Hall–Kier alpha value is -3.01. The van der Waals surface area contributed by atoms with Crippen LogP contribution in [0.2, 0.25) is 0 Å². The lowest BCUT2D eigenvalue weighted by atomic mass is 9.94. The summed E-state index contributed by atoms with van der Waals surface area (Å²) in [6, 6.07) is 13.3. The lowest BCUT2D eigenvalue weighted by Crippen LogP contribution is -2.41. The van der Waals surface area contributed by atoms with E-state index in [9.17, 15) is 18.0 Å². The summed E-state index contributed by atoms with van der Waals surface area (Å²) < 4.78 is 40.2. The molecule has 0 bridgehead atoms. The Kier molecular flexibility index (Phi) is 6.12. The molecule has 0 aromatic heterocycles. The molecule has 2 aromatic carbocycles. The van der Waals surface area contributed by atoms with Gasteiger partial charge in [0.1, 0.15) is 0 Å². The molecule has 0 atom stereocenters. The van der Waals surface area contributed by atoms with Crippen molar-refractivity contribution in [3.8, 4) is 6.07 Å². The van der Waals surface area contributed by atoms with E-state index in [0.717, 1.165) is 17.2 Å². The van der Waals surface area contributed by atoms with E-state index in [1.54, 1.807) is 11.0 Å². The summed E-state index contributed by atoms with van der Waals surface area (Å²) in [5, 5.41) is 11.8. The number of hydrogen-bond donors (Lipinski definition) is 1. The van der Waals surface area contributed by atoms with E-state index < -0.39 is 11.7 Å². The van der Waals surface area contributed by atoms with Gasteiger partial charge in [0.2, 0.25) is 5.91 Å². The number of carbonyl (C=O) groups is 1. The molecule has 1 aliphatic heterocycles. The highest BCUT2D eigenvalue weighted by Gasteiger charge is 2.36. The van der Waals surface area contributed by atoms with Crippen LogP contribution in [0, 0.1) is 24.2 Å². The minimum absolute atomic E-state index is 0.0218. The van der Waals surface area contributed by atoms with Crippen LogP contribution in [-0.4, -0.2) is 19.0 Å². The molecule has 2 aromatic rings. The first-order valence-corrected chi connectivity index (χ1v) is 9.47. The number of hydrogen-bond acceptors (Lipinski definition) is 3. The summed E-state index contributed by atoms with van der Waals surface area (Å²) in [5.74, 6) is -0.287. The highest BCUT2D eigenvalue weighted by atomic mass is 19.4. The van der Waals surface area contributed by atoms with Crippen LogP contribution in [0.4, 0.5) is 18.9 Å². The van der Waals surface area contributed by atoms with Gasteiger partial charge in [0.25, 0.3) is 0 Å².